The molecule has 1 aromatic heterocycles. The summed E-state index contributed by atoms with van der Waals surface area (Å²) in [7, 11) is 0. The van der Waals surface area contributed by atoms with Crippen molar-refractivity contribution in [3.63, 3.8) is 0 Å². The van der Waals surface area contributed by atoms with Gasteiger partial charge in [-0.05, 0) is 60.9 Å². The van der Waals surface area contributed by atoms with Gasteiger partial charge < -0.3 is 46.8 Å². The van der Waals surface area contributed by atoms with Crippen molar-refractivity contribution in [3.8, 4) is 0 Å². The maximum Gasteiger partial charge on any atom is 0.244 e. The number of hydrogen-bond acceptors (Lipinski definition) is 9. The third-order valence-corrected chi connectivity index (χ3v) is 8.41. The van der Waals surface area contributed by atoms with Crippen LogP contribution in [-0.2, 0) is 52.9 Å². The highest BCUT2D eigenvalue weighted by molar-refractivity contribution is 5.91. The topological polar surface area (TPSA) is 223 Å². The van der Waals surface area contributed by atoms with Crippen molar-refractivity contribution in [3.05, 3.63) is 72.2 Å². The molecule has 0 spiro atoms. The van der Waals surface area contributed by atoms with Crippen molar-refractivity contribution < 1.29 is 37.9 Å². The Labute approximate surface area is 298 Å². The first-order valence-corrected chi connectivity index (χ1v) is 17.3. The Morgan fingerprint density at radius 3 is 2.27 bits per heavy atom. The highest BCUT2D eigenvalue weighted by atomic mass is 16.5. The molecule has 15 heteroatoms. The van der Waals surface area contributed by atoms with Gasteiger partial charge in [-0.3, -0.25) is 28.8 Å². The number of nitrogens with one attached hydrogen (secondary N) is 6. The lowest BCUT2D eigenvalue weighted by Crippen LogP contribution is -2.53. The summed E-state index contributed by atoms with van der Waals surface area (Å²) in [5, 5.41) is 16.6. The molecule has 1 aromatic carbocycles. The molecular formula is C36H51N7O8. The molecule has 0 aliphatic heterocycles. The minimum Gasteiger partial charge on any atom is -0.469 e. The number of hydrogen-bond donors (Lipinski definition) is 7. The van der Waals surface area contributed by atoms with Gasteiger partial charge in [-0.2, -0.15) is 0 Å². The average molecular weight is 710 g/mol. The van der Waals surface area contributed by atoms with Gasteiger partial charge in [0.2, 0.25) is 35.4 Å². The van der Waals surface area contributed by atoms with Crippen molar-refractivity contribution in [2.75, 3.05) is 32.8 Å². The van der Waals surface area contributed by atoms with E-state index in [9.17, 15) is 28.8 Å². The summed E-state index contributed by atoms with van der Waals surface area (Å²) in [6.45, 7) is 5.91. The molecule has 1 saturated carbocycles. The number of ether oxygens (including phenoxy) is 1. The Morgan fingerprint density at radius 1 is 0.902 bits per heavy atom. The Hall–Kier alpha value is -5.02. The zero-order valence-corrected chi connectivity index (χ0v) is 29.2. The highest BCUT2D eigenvalue weighted by Gasteiger charge is 2.27. The quantitative estimate of drug-likeness (QED) is 0.0690. The molecule has 0 saturated heterocycles. The number of benzene rings is 1. The molecule has 2 aromatic rings. The van der Waals surface area contributed by atoms with E-state index in [4.69, 9.17) is 14.9 Å². The Morgan fingerprint density at radius 2 is 1.61 bits per heavy atom. The van der Waals surface area contributed by atoms with Crippen molar-refractivity contribution in [2.24, 2.45) is 11.7 Å². The number of carbonyl (C=O) groups excluding carboxylic acids is 6. The second-order valence-corrected chi connectivity index (χ2v) is 12.5. The fourth-order valence-corrected chi connectivity index (χ4v) is 5.82. The first kappa shape index (κ1) is 40.4. The smallest absolute Gasteiger partial charge is 0.244 e. The van der Waals surface area contributed by atoms with Crippen LogP contribution < -0.4 is 37.6 Å². The summed E-state index contributed by atoms with van der Waals surface area (Å²) < 4.78 is 10.7. The second kappa shape index (κ2) is 21.9. The van der Waals surface area contributed by atoms with Crippen LogP contribution in [0.5, 0.6) is 0 Å². The van der Waals surface area contributed by atoms with Gasteiger partial charge in [0.15, 0.2) is 0 Å². The van der Waals surface area contributed by atoms with Crippen LogP contribution in [-0.4, -0.2) is 86.4 Å². The lowest BCUT2D eigenvalue weighted by molar-refractivity contribution is -0.129. The third kappa shape index (κ3) is 15.2. The van der Waals surface area contributed by atoms with Gasteiger partial charge in [0.25, 0.3) is 0 Å². The molecule has 1 aliphatic rings. The highest BCUT2D eigenvalue weighted by Crippen LogP contribution is 2.27. The Kier molecular flexibility index (Phi) is 17.4. The van der Waals surface area contributed by atoms with Crippen molar-refractivity contribution in [2.45, 2.75) is 76.5 Å². The van der Waals surface area contributed by atoms with Gasteiger partial charge in [-0.1, -0.05) is 30.8 Å². The first-order chi connectivity index (χ1) is 24.6. The summed E-state index contributed by atoms with van der Waals surface area (Å²) in [5.74, 6) is -1.51. The standard InChI is InChI=1S/C36H51N7O8/c1-3-32(45)39-23-31(36(49)38-15-18-50-17-14-37)43-34(47)20-26-7-4-5-8-27(26)22-40-35(48)30(21-29-9-6-16-51-29)42-33(46)19-25-10-12-28(13-11-25)41-24(2)44/h3-9,16,25,28,30-31H,1,10-15,17-23,37H2,2H3,(H,38,49)(H,39,45)(H,40,48)(H,41,44)(H,42,46)(H,43,47)/t25?,28?,30-,31-/m0/s1. The fourth-order valence-electron chi connectivity index (χ4n) is 5.82. The van der Waals surface area contributed by atoms with E-state index < -0.39 is 35.7 Å². The second-order valence-electron chi connectivity index (χ2n) is 12.5. The lowest BCUT2D eigenvalue weighted by atomic mass is 9.84. The van der Waals surface area contributed by atoms with Crippen LogP contribution in [0.4, 0.5) is 0 Å². The van der Waals surface area contributed by atoms with Crippen molar-refractivity contribution in [1.29, 1.82) is 0 Å². The maximum atomic E-state index is 13.5. The predicted octanol–water partition coefficient (Wildman–Crippen LogP) is 0.129. The molecule has 6 amide bonds. The van der Waals surface area contributed by atoms with Crippen LogP contribution in [0, 0.1) is 5.92 Å². The van der Waals surface area contributed by atoms with Crippen LogP contribution in [0.3, 0.4) is 0 Å². The molecule has 15 nitrogen and oxygen atoms in total. The zero-order valence-electron chi connectivity index (χ0n) is 29.2. The maximum absolute atomic E-state index is 13.5. The van der Waals surface area contributed by atoms with Crippen molar-refractivity contribution in [1.82, 2.24) is 31.9 Å². The summed E-state index contributed by atoms with van der Waals surface area (Å²) in [4.78, 5) is 75.7. The average Bonchev–Trinajstić information content (AvgIpc) is 3.62. The molecular weight excluding hydrogens is 658 g/mol. The molecule has 51 heavy (non-hydrogen) atoms. The molecule has 1 aliphatic carbocycles. The van der Waals surface area contributed by atoms with Gasteiger partial charge >= 0.3 is 0 Å². The minimum absolute atomic E-state index is 0.0603. The van der Waals surface area contributed by atoms with E-state index in [1.165, 1.54) is 13.2 Å². The Bertz CT molecular complexity index is 1460. The van der Waals surface area contributed by atoms with Gasteiger partial charge in [0.1, 0.15) is 17.8 Å². The van der Waals surface area contributed by atoms with Crippen LogP contribution in [0.1, 0.15) is 55.9 Å². The summed E-state index contributed by atoms with van der Waals surface area (Å²) in [6.07, 6.45) is 6.08. The SMILES string of the molecule is C=CC(=O)NC[C@H](NC(=O)Cc1ccccc1CNC(=O)[C@H](Cc1ccco1)NC(=O)CC1CCC(NC(C)=O)CC1)C(=O)NCCOCCN. The molecule has 278 valence electrons. The number of carbonyl (C=O) groups is 6. The van der Waals surface area contributed by atoms with Crippen LogP contribution in [0.2, 0.25) is 0 Å². The number of nitrogens with two attached hydrogens (primary N) is 1. The molecule has 2 atom stereocenters. The monoisotopic (exact) mass is 709 g/mol. The van der Waals surface area contributed by atoms with Crippen LogP contribution in [0.15, 0.2) is 59.7 Å². The molecule has 1 heterocycles. The van der Waals surface area contributed by atoms with Crippen molar-refractivity contribution >= 4 is 35.4 Å². The number of rotatable bonds is 21. The van der Waals surface area contributed by atoms with E-state index in [-0.39, 0.29) is 69.3 Å². The molecule has 1 fully saturated rings. The number of furan rings is 1. The van der Waals surface area contributed by atoms with Gasteiger partial charge in [0.05, 0.1) is 25.9 Å². The fraction of sp³-hybridized carbons (Fsp3) is 0.500. The zero-order chi connectivity index (χ0) is 37.0. The van der Waals surface area contributed by atoms with E-state index in [0.717, 1.165) is 31.8 Å². The van der Waals surface area contributed by atoms with Gasteiger partial charge in [-0.15, -0.1) is 0 Å². The normalized spacial score (nSPS) is 16.5. The molecule has 0 radical (unpaired) electrons. The van der Waals surface area contributed by atoms with E-state index in [0.29, 0.717) is 30.0 Å². The largest absolute Gasteiger partial charge is 0.469 e. The van der Waals surface area contributed by atoms with Gasteiger partial charge in [0, 0.05) is 52.0 Å². The molecule has 3 rings (SSSR count). The minimum atomic E-state index is -1.07. The molecule has 0 bridgehead atoms. The van der Waals surface area contributed by atoms with E-state index >= 15 is 0 Å². The molecule has 0 unspecified atom stereocenters. The van der Waals surface area contributed by atoms with E-state index in [1.54, 1.807) is 36.4 Å². The van der Waals surface area contributed by atoms with Crippen LogP contribution in [0.25, 0.3) is 0 Å². The van der Waals surface area contributed by atoms with E-state index in [1.807, 2.05) is 0 Å². The number of amides is 6. The molecule has 8 N–H and O–H groups in total. The van der Waals surface area contributed by atoms with Gasteiger partial charge in [-0.25, -0.2) is 0 Å². The van der Waals surface area contributed by atoms with Crippen LogP contribution >= 0.6 is 0 Å². The summed E-state index contributed by atoms with van der Waals surface area (Å²) in [5.41, 5.74) is 6.68. The van der Waals surface area contributed by atoms with E-state index in [2.05, 4.69) is 38.5 Å². The lowest BCUT2D eigenvalue weighted by Gasteiger charge is -2.29. The first-order valence-electron chi connectivity index (χ1n) is 17.3. The summed E-state index contributed by atoms with van der Waals surface area (Å²) >= 11 is 0. The summed E-state index contributed by atoms with van der Waals surface area (Å²) in [6, 6.07) is 8.64. The third-order valence-electron chi connectivity index (χ3n) is 8.41. The predicted molar refractivity (Wildman–Crippen MR) is 189 cm³/mol. The Balaban J connectivity index is 1.59.